The molecule has 0 aromatic carbocycles. The van der Waals surface area contributed by atoms with Crippen molar-refractivity contribution in [3.8, 4) is 0 Å². The summed E-state index contributed by atoms with van der Waals surface area (Å²) in [5.74, 6) is 0.465. The van der Waals surface area contributed by atoms with Crippen molar-refractivity contribution >= 4 is 5.91 Å². The summed E-state index contributed by atoms with van der Waals surface area (Å²) in [5.41, 5.74) is 1.41. The number of halogens is 1. The molecule has 1 N–H and O–H groups in total. The third-order valence-electron chi connectivity index (χ3n) is 3.09. The number of nitrogens with one attached hydrogen (secondary N) is 1. The molecule has 4 heteroatoms. The van der Waals surface area contributed by atoms with Crippen LogP contribution < -0.4 is 5.32 Å². The number of hydrogen-bond acceptors (Lipinski definition) is 2. The summed E-state index contributed by atoms with van der Waals surface area (Å²) < 4.78 is 18.1. The summed E-state index contributed by atoms with van der Waals surface area (Å²) in [7, 11) is 0. The third-order valence-corrected chi connectivity index (χ3v) is 3.09. The van der Waals surface area contributed by atoms with Crippen LogP contribution in [0, 0.1) is 13.8 Å². The lowest BCUT2D eigenvalue weighted by Crippen LogP contribution is -2.33. The lowest BCUT2D eigenvalue weighted by Gasteiger charge is -2.11. The van der Waals surface area contributed by atoms with E-state index in [2.05, 4.69) is 5.32 Å². The highest BCUT2D eigenvalue weighted by atomic mass is 19.1. The average molecular weight is 225 g/mol. The molecular formula is C12H16FNO2. The first-order valence-corrected chi connectivity index (χ1v) is 5.57. The molecule has 1 saturated carbocycles. The van der Waals surface area contributed by atoms with E-state index in [-0.39, 0.29) is 11.9 Å². The second-order valence-corrected chi connectivity index (χ2v) is 4.43. The molecule has 2 atom stereocenters. The Morgan fingerprint density at radius 3 is 2.75 bits per heavy atom. The number of furan rings is 1. The predicted octanol–water partition coefficient (Wildman–Crippen LogP) is 2.52. The van der Waals surface area contributed by atoms with Crippen LogP contribution in [0.1, 0.15) is 40.9 Å². The van der Waals surface area contributed by atoms with Gasteiger partial charge in [0.1, 0.15) is 11.9 Å². The van der Waals surface area contributed by atoms with Gasteiger partial charge in [0.05, 0.1) is 11.8 Å². The number of amides is 1. The lowest BCUT2D eigenvalue weighted by molar-refractivity contribution is 0.0934. The fraction of sp³-hybridized carbons (Fsp3) is 0.583. The smallest absolute Gasteiger partial charge is 0.255 e. The Hall–Kier alpha value is -1.32. The fourth-order valence-corrected chi connectivity index (χ4v) is 2.23. The number of aryl methyl sites for hydroxylation is 2. The molecular weight excluding hydrogens is 209 g/mol. The van der Waals surface area contributed by atoms with Gasteiger partial charge in [0.2, 0.25) is 0 Å². The van der Waals surface area contributed by atoms with Crippen molar-refractivity contribution in [2.45, 2.75) is 45.3 Å². The molecule has 1 aromatic rings. The van der Waals surface area contributed by atoms with Crippen LogP contribution in [0.3, 0.4) is 0 Å². The summed E-state index contributed by atoms with van der Waals surface area (Å²) in [6.45, 7) is 3.59. The van der Waals surface area contributed by atoms with E-state index in [0.717, 1.165) is 12.0 Å². The van der Waals surface area contributed by atoms with Crippen molar-refractivity contribution in [2.24, 2.45) is 0 Å². The minimum Gasteiger partial charge on any atom is -0.469 e. The van der Waals surface area contributed by atoms with Crippen LogP contribution in [0.5, 0.6) is 0 Å². The molecule has 0 radical (unpaired) electrons. The van der Waals surface area contributed by atoms with Crippen molar-refractivity contribution in [3.63, 3.8) is 0 Å². The van der Waals surface area contributed by atoms with E-state index in [1.165, 1.54) is 0 Å². The number of carbonyl (C=O) groups excluding carboxylic acids is 1. The predicted molar refractivity (Wildman–Crippen MR) is 58.2 cm³/mol. The Bertz CT molecular complexity index is 380. The first-order chi connectivity index (χ1) is 7.58. The molecule has 16 heavy (non-hydrogen) atoms. The minimum absolute atomic E-state index is 0.0313. The summed E-state index contributed by atoms with van der Waals surface area (Å²) in [6.07, 6.45) is 2.51. The molecule has 1 fully saturated rings. The van der Waals surface area contributed by atoms with Gasteiger partial charge in [-0.05, 0) is 33.1 Å². The molecule has 0 unspecified atom stereocenters. The second-order valence-electron chi connectivity index (χ2n) is 4.43. The van der Waals surface area contributed by atoms with Gasteiger partial charge >= 0.3 is 0 Å². The molecule has 1 aliphatic carbocycles. The molecule has 1 heterocycles. The molecule has 1 aromatic heterocycles. The van der Waals surface area contributed by atoms with Crippen molar-refractivity contribution in [2.75, 3.05) is 0 Å². The molecule has 0 saturated heterocycles. The van der Waals surface area contributed by atoms with Gasteiger partial charge < -0.3 is 9.73 Å². The molecule has 3 nitrogen and oxygen atoms in total. The number of alkyl halides is 1. The summed E-state index contributed by atoms with van der Waals surface area (Å²) in [5, 5.41) is 2.85. The number of rotatable bonds is 2. The highest BCUT2D eigenvalue weighted by molar-refractivity contribution is 5.96. The van der Waals surface area contributed by atoms with Gasteiger partial charge in [-0.15, -0.1) is 0 Å². The third kappa shape index (κ3) is 2.10. The van der Waals surface area contributed by atoms with Gasteiger partial charge in [0, 0.05) is 11.6 Å². The Labute approximate surface area is 94.0 Å². The molecule has 0 spiro atoms. The maximum atomic E-state index is 13.0. The Morgan fingerprint density at radius 2 is 2.25 bits per heavy atom. The van der Waals surface area contributed by atoms with Gasteiger partial charge in [-0.2, -0.15) is 0 Å². The first-order valence-electron chi connectivity index (χ1n) is 5.57. The second kappa shape index (κ2) is 4.28. The molecule has 1 aliphatic rings. The maximum Gasteiger partial charge on any atom is 0.255 e. The largest absolute Gasteiger partial charge is 0.469 e. The van der Waals surface area contributed by atoms with Crippen molar-refractivity contribution < 1.29 is 13.6 Å². The maximum absolute atomic E-state index is 13.0. The summed E-state index contributed by atoms with van der Waals surface area (Å²) >= 11 is 0. The molecule has 0 bridgehead atoms. The molecule has 1 amide bonds. The van der Waals surface area contributed by atoms with Gasteiger partial charge in [-0.3, -0.25) is 4.79 Å². The van der Waals surface area contributed by atoms with Crippen molar-refractivity contribution in [3.05, 3.63) is 23.2 Å². The van der Waals surface area contributed by atoms with Crippen LogP contribution in [-0.2, 0) is 0 Å². The fourth-order valence-electron chi connectivity index (χ4n) is 2.23. The zero-order valence-corrected chi connectivity index (χ0v) is 9.55. The van der Waals surface area contributed by atoms with Gasteiger partial charge in [-0.25, -0.2) is 4.39 Å². The van der Waals surface area contributed by atoms with E-state index < -0.39 is 6.17 Å². The minimum atomic E-state index is -0.767. The summed E-state index contributed by atoms with van der Waals surface area (Å²) in [4.78, 5) is 11.9. The van der Waals surface area contributed by atoms with Crippen molar-refractivity contribution in [1.82, 2.24) is 5.32 Å². The van der Waals surface area contributed by atoms with E-state index in [0.29, 0.717) is 24.2 Å². The van der Waals surface area contributed by atoms with E-state index in [9.17, 15) is 9.18 Å². The normalized spacial score (nSPS) is 24.7. The van der Waals surface area contributed by atoms with Crippen LogP contribution in [0.2, 0.25) is 0 Å². The average Bonchev–Trinajstić information content (AvgIpc) is 2.74. The molecule has 0 aliphatic heterocycles. The zero-order valence-electron chi connectivity index (χ0n) is 9.55. The Kier molecular flexibility index (Phi) is 2.99. The van der Waals surface area contributed by atoms with E-state index >= 15 is 0 Å². The van der Waals surface area contributed by atoms with Crippen LogP contribution in [0.15, 0.2) is 10.7 Å². The van der Waals surface area contributed by atoms with Crippen LogP contribution >= 0.6 is 0 Å². The van der Waals surface area contributed by atoms with Crippen LogP contribution in [-0.4, -0.2) is 18.1 Å². The standard InChI is InChI=1S/C12H16FNO2/c1-7-6-16-8(2)11(7)12(15)14-10-4-3-9(13)5-10/h6,9-10H,3-5H2,1-2H3,(H,14,15)/t9-,10-/m1/s1. The monoisotopic (exact) mass is 225 g/mol. The van der Waals surface area contributed by atoms with E-state index in [4.69, 9.17) is 4.42 Å². The van der Waals surface area contributed by atoms with Crippen LogP contribution in [0.4, 0.5) is 4.39 Å². The van der Waals surface area contributed by atoms with E-state index in [1.807, 2.05) is 6.92 Å². The van der Waals surface area contributed by atoms with Crippen LogP contribution in [0.25, 0.3) is 0 Å². The summed E-state index contributed by atoms with van der Waals surface area (Å²) in [6, 6.07) is -0.0313. The highest BCUT2D eigenvalue weighted by Gasteiger charge is 2.27. The SMILES string of the molecule is Cc1coc(C)c1C(=O)N[C@@H]1CC[C@@H](F)C1. The Morgan fingerprint density at radius 1 is 1.50 bits per heavy atom. The van der Waals surface area contributed by atoms with Gasteiger partial charge in [-0.1, -0.05) is 0 Å². The zero-order chi connectivity index (χ0) is 11.7. The van der Waals surface area contributed by atoms with Gasteiger partial charge in [0.15, 0.2) is 0 Å². The molecule has 88 valence electrons. The molecule has 2 rings (SSSR count). The Balaban J connectivity index is 2.03. The van der Waals surface area contributed by atoms with E-state index in [1.54, 1.807) is 13.2 Å². The van der Waals surface area contributed by atoms with Gasteiger partial charge in [0.25, 0.3) is 5.91 Å². The quantitative estimate of drug-likeness (QED) is 0.840. The number of carbonyl (C=O) groups is 1. The highest BCUT2D eigenvalue weighted by Crippen LogP contribution is 2.23. The lowest BCUT2D eigenvalue weighted by atomic mass is 10.1. The van der Waals surface area contributed by atoms with Crippen molar-refractivity contribution in [1.29, 1.82) is 0 Å². The topological polar surface area (TPSA) is 42.2 Å². The number of hydrogen-bond donors (Lipinski definition) is 1. The first kappa shape index (κ1) is 11.2.